The normalized spacial score (nSPS) is 17.4. The molecule has 3 atom stereocenters. The molecule has 248 valence electrons. The van der Waals surface area contributed by atoms with Crippen LogP contribution in [-0.2, 0) is 29.0 Å². The highest BCUT2D eigenvalue weighted by molar-refractivity contribution is 5.97. The van der Waals surface area contributed by atoms with Crippen LogP contribution in [0.3, 0.4) is 0 Å². The van der Waals surface area contributed by atoms with Crippen molar-refractivity contribution in [2.45, 2.75) is 84.8 Å². The van der Waals surface area contributed by atoms with Crippen molar-refractivity contribution in [2.24, 2.45) is 17.1 Å². The highest BCUT2D eigenvalue weighted by Gasteiger charge is 2.48. The van der Waals surface area contributed by atoms with E-state index in [9.17, 15) is 23.5 Å². The molecule has 2 aromatic carbocycles. The number of aryl methyl sites for hydroxylation is 1. The number of primary amides is 1. The number of amides is 2. The number of hydrogen-bond donors (Lipinski definition) is 3. The van der Waals surface area contributed by atoms with Gasteiger partial charge in [0.25, 0.3) is 0 Å². The number of carbonyl (C=O) groups excluding carboxylic acids is 2. The van der Waals surface area contributed by atoms with Gasteiger partial charge in [0.15, 0.2) is 0 Å². The van der Waals surface area contributed by atoms with E-state index in [1.54, 1.807) is 24.0 Å². The molecule has 0 saturated carbocycles. The SMILES string of the molecule is CCCN(CCC)C(=O)C1=CC(C)=CC(C(N)=O)([C@H](Cc2cc(F)cc(F)c2)[C@@H](O)CNCc2cccc(CCCCC#N)c2)C1. The van der Waals surface area contributed by atoms with E-state index in [1.807, 2.05) is 32.0 Å². The number of allylic oxidation sites excluding steroid dienone is 2. The van der Waals surface area contributed by atoms with Crippen LogP contribution in [0.4, 0.5) is 8.78 Å². The molecule has 0 aromatic heterocycles. The summed E-state index contributed by atoms with van der Waals surface area (Å²) in [6, 6.07) is 13.4. The average Bonchev–Trinajstić information content (AvgIpc) is 3.00. The van der Waals surface area contributed by atoms with E-state index in [0.717, 1.165) is 49.3 Å². The molecule has 1 aliphatic carbocycles. The number of unbranched alkanes of at least 4 members (excludes halogenated alkanes) is 2. The predicted molar refractivity (Wildman–Crippen MR) is 176 cm³/mol. The van der Waals surface area contributed by atoms with Gasteiger partial charge in [0.05, 0.1) is 17.6 Å². The Hall–Kier alpha value is -3.87. The molecule has 0 saturated heterocycles. The number of aliphatic hydroxyl groups is 1. The van der Waals surface area contributed by atoms with Crippen molar-refractivity contribution in [3.05, 3.63) is 94.1 Å². The average molecular weight is 635 g/mol. The maximum atomic E-state index is 14.3. The number of rotatable bonds is 18. The van der Waals surface area contributed by atoms with Gasteiger partial charge in [0.1, 0.15) is 11.6 Å². The molecule has 0 fully saturated rings. The van der Waals surface area contributed by atoms with Crippen LogP contribution in [0.15, 0.2) is 65.8 Å². The quantitative estimate of drug-likeness (QED) is 0.176. The van der Waals surface area contributed by atoms with Gasteiger partial charge >= 0.3 is 0 Å². The number of nitrogens with one attached hydrogen (secondary N) is 1. The Morgan fingerprint density at radius 3 is 2.37 bits per heavy atom. The molecule has 7 nitrogen and oxygen atoms in total. The van der Waals surface area contributed by atoms with Gasteiger partial charge in [0, 0.05) is 50.2 Å². The molecular formula is C37H48F2N4O3. The number of nitriles is 1. The van der Waals surface area contributed by atoms with Gasteiger partial charge in [-0.15, -0.1) is 0 Å². The standard InChI is InChI=1S/C37H48F2N4O3/c1-4-14-43(15-5-2)35(45)30-16-26(3)22-37(23-30,36(41)46)33(20-29-18-31(38)21-32(39)19-29)34(44)25-42-24-28-12-9-11-27(17-28)10-7-6-8-13-40/h9,11-12,16-19,21-22,33-34,42,44H,4-8,10,14-15,20,23-25H2,1-3H3,(H2,41,46)/t33-,34+,37?/m1/s1. The van der Waals surface area contributed by atoms with Gasteiger partial charge in [-0.2, -0.15) is 5.26 Å². The second-order valence-electron chi connectivity index (χ2n) is 12.4. The summed E-state index contributed by atoms with van der Waals surface area (Å²) in [5.41, 5.74) is 8.17. The largest absolute Gasteiger partial charge is 0.391 e. The maximum absolute atomic E-state index is 14.3. The van der Waals surface area contributed by atoms with E-state index in [-0.39, 0.29) is 30.9 Å². The van der Waals surface area contributed by atoms with Crippen molar-refractivity contribution >= 4 is 11.8 Å². The van der Waals surface area contributed by atoms with Gasteiger partial charge in [-0.1, -0.05) is 55.8 Å². The molecule has 1 unspecified atom stereocenters. The van der Waals surface area contributed by atoms with Gasteiger partial charge < -0.3 is 21.1 Å². The summed E-state index contributed by atoms with van der Waals surface area (Å²) in [7, 11) is 0. The minimum atomic E-state index is -1.48. The maximum Gasteiger partial charge on any atom is 0.249 e. The first-order chi connectivity index (χ1) is 22.0. The zero-order valence-corrected chi connectivity index (χ0v) is 27.3. The molecule has 46 heavy (non-hydrogen) atoms. The molecule has 1 aliphatic rings. The van der Waals surface area contributed by atoms with Crippen molar-refractivity contribution in [1.82, 2.24) is 10.2 Å². The minimum Gasteiger partial charge on any atom is -0.391 e. The Bertz CT molecular complexity index is 1420. The topological polar surface area (TPSA) is 119 Å². The monoisotopic (exact) mass is 634 g/mol. The lowest BCUT2D eigenvalue weighted by Crippen LogP contribution is -2.51. The number of nitrogens with zero attached hydrogens (tertiary/aromatic N) is 2. The summed E-state index contributed by atoms with van der Waals surface area (Å²) in [6.07, 6.45) is 6.94. The molecule has 0 spiro atoms. The van der Waals surface area contributed by atoms with Crippen molar-refractivity contribution in [3.8, 4) is 6.07 Å². The zero-order valence-electron chi connectivity index (χ0n) is 27.3. The van der Waals surface area contributed by atoms with Gasteiger partial charge in [-0.05, 0) is 80.7 Å². The van der Waals surface area contributed by atoms with Crippen LogP contribution in [0.2, 0.25) is 0 Å². The first kappa shape index (κ1) is 36.6. The lowest BCUT2D eigenvalue weighted by molar-refractivity contribution is -0.132. The van der Waals surface area contributed by atoms with E-state index in [4.69, 9.17) is 11.0 Å². The third-order valence-corrected chi connectivity index (χ3v) is 8.56. The summed E-state index contributed by atoms with van der Waals surface area (Å²) in [4.78, 5) is 29.0. The summed E-state index contributed by atoms with van der Waals surface area (Å²) < 4.78 is 28.6. The van der Waals surface area contributed by atoms with Crippen LogP contribution in [0.5, 0.6) is 0 Å². The number of halogens is 2. The van der Waals surface area contributed by atoms with Crippen LogP contribution < -0.4 is 11.1 Å². The number of hydrogen-bond acceptors (Lipinski definition) is 5. The Kier molecular flexibility index (Phi) is 14.1. The van der Waals surface area contributed by atoms with Crippen molar-refractivity contribution in [2.75, 3.05) is 19.6 Å². The van der Waals surface area contributed by atoms with Crippen molar-refractivity contribution in [1.29, 1.82) is 5.26 Å². The fraction of sp³-hybridized carbons (Fsp3) is 0.486. The van der Waals surface area contributed by atoms with Crippen molar-refractivity contribution in [3.63, 3.8) is 0 Å². The Morgan fingerprint density at radius 1 is 1.07 bits per heavy atom. The Morgan fingerprint density at radius 2 is 1.74 bits per heavy atom. The van der Waals surface area contributed by atoms with Crippen LogP contribution in [-0.4, -0.2) is 47.6 Å². The highest BCUT2D eigenvalue weighted by Crippen LogP contribution is 2.44. The fourth-order valence-corrected chi connectivity index (χ4v) is 6.49. The predicted octanol–water partition coefficient (Wildman–Crippen LogP) is 5.91. The molecule has 0 radical (unpaired) electrons. The molecule has 2 aromatic rings. The van der Waals surface area contributed by atoms with E-state index in [0.29, 0.717) is 37.2 Å². The molecule has 4 N–H and O–H groups in total. The van der Waals surface area contributed by atoms with Crippen molar-refractivity contribution < 1.29 is 23.5 Å². The summed E-state index contributed by atoms with van der Waals surface area (Å²) in [5, 5.41) is 23.8. The first-order valence-electron chi connectivity index (χ1n) is 16.3. The van der Waals surface area contributed by atoms with Crippen LogP contribution >= 0.6 is 0 Å². The number of nitrogens with two attached hydrogens (primary N) is 1. The van der Waals surface area contributed by atoms with Gasteiger partial charge in [0.2, 0.25) is 11.8 Å². The summed E-state index contributed by atoms with van der Waals surface area (Å²) in [5.74, 6) is -3.32. The number of carbonyl (C=O) groups is 2. The number of aliphatic hydroxyl groups excluding tert-OH is 1. The van der Waals surface area contributed by atoms with E-state index >= 15 is 0 Å². The Balaban J connectivity index is 1.90. The summed E-state index contributed by atoms with van der Waals surface area (Å²) >= 11 is 0. The van der Waals surface area contributed by atoms with Gasteiger partial charge in [-0.25, -0.2) is 8.78 Å². The molecule has 0 heterocycles. The highest BCUT2D eigenvalue weighted by atomic mass is 19.1. The number of benzene rings is 2. The third kappa shape index (κ3) is 10.1. The Labute approximate surface area is 272 Å². The lowest BCUT2D eigenvalue weighted by atomic mass is 9.63. The lowest BCUT2D eigenvalue weighted by Gasteiger charge is -2.42. The van der Waals surface area contributed by atoms with Crippen LogP contribution in [0.25, 0.3) is 0 Å². The molecule has 9 heteroatoms. The first-order valence-corrected chi connectivity index (χ1v) is 16.3. The molecule has 0 aliphatic heterocycles. The second kappa shape index (κ2) is 17.7. The zero-order chi connectivity index (χ0) is 33.7. The molecule has 2 amide bonds. The molecule has 3 rings (SSSR count). The molecular weight excluding hydrogens is 586 g/mol. The smallest absolute Gasteiger partial charge is 0.249 e. The molecule has 0 bridgehead atoms. The van der Waals surface area contributed by atoms with E-state index in [1.165, 1.54) is 12.1 Å². The third-order valence-electron chi connectivity index (χ3n) is 8.56. The summed E-state index contributed by atoms with van der Waals surface area (Å²) in [6.45, 7) is 7.41. The van der Waals surface area contributed by atoms with Crippen LogP contribution in [0, 0.1) is 34.3 Å². The fourth-order valence-electron chi connectivity index (χ4n) is 6.49. The second-order valence-corrected chi connectivity index (χ2v) is 12.4. The minimum absolute atomic E-state index is 0.0319. The van der Waals surface area contributed by atoms with E-state index < -0.39 is 35.0 Å². The van der Waals surface area contributed by atoms with E-state index in [2.05, 4.69) is 17.5 Å². The van der Waals surface area contributed by atoms with Crippen LogP contribution in [0.1, 0.15) is 76.0 Å². The van der Waals surface area contributed by atoms with Gasteiger partial charge in [-0.3, -0.25) is 9.59 Å².